The van der Waals surface area contributed by atoms with Gasteiger partial charge in [-0.2, -0.15) is 0 Å². The molecule has 0 aliphatic rings. The van der Waals surface area contributed by atoms with Gasteiger partial charge in [0.05, 0.1) is 0 Å². The summed E-state index contributed by atoms with van der Waals surface area (Å²) in [5, 5.41) is 0. The zero-order chi connectivity index (χ0) is 7.40. The lowest BCUT2D eigenvalue weighted by Crippen LogP contribution is -1.80. The molecule has 0 spiro atoms. The third-order valence-corrected chi connectivity index (χ3v) is 0.995. The molecule has 0 aliphatic heterocycles. The Balaban J connectivity index is 2.64. The number of nitrogens with one attached hydrogen (secondary N) is 1. The van der Waals surface area contributed by atoms with Crippen LogP contribution >= 0.6 is 0 Å². The molecule has 0 atom stereocenters. The fourth-order valence-electron chi connectivity index (χ4n) is 0.565. The third kappa shape index (κ3) is 1.85. The summed E-state index contributed by atoms with van der Waals surface area (Å²) in [6.45, 7) is 1.50. The fourth-order valence-corrected chi connectivity index (χ4v) is 0.565. The van der Waals surface area contributed by atoms with Crippen LogP contribution in [0.3, 0.4) is 0 Å². The lowest BCUT2D eigenvalue weighted by molar-refractivity contribution is -0.112. The van der Waals surface area contributed by atoms with Gasteiger partial charge < -0.3 is 4.98 Å². The van der Waals surface area contributed by atoms with Gasteiger partial charge in [-0.25, -0.2) is 4.98 Å². The highest BCUT2D eigenvalue weighted by Crippen LogP contribution is 1.90. The number of aromatic amines is 1. The number of rotatable bonds is 2. The topological polar surface area (TPSA) is 45.8 Å². The van der Waals surface area contributed by atoms with Crippen molar-refractivity contribution in [1.82, 2.24) is 9.97 Å². The smallest absolute Gasteiger partial charge is 0.152 e. The van der Waals surface area contributed by atoms with Gasteiger partial charge in [-0.3, -0.25) is 4.79 Å². The molecule has 0 unspecified atom stereocenters. The van der Waals surface area contributed by atoms with Crippen molar-refractivity contribution in [3.8, 4) is 0 Å². The summed E-state index contributed by atoms with van der Waals surface area (Å²) in [6, 6.07) is 0. The molecular weight excluding hydrogens is 128 g/mol. The highest BCUT2D eigenvalue weighted by atomic mass is 16.1. The molecule has 0 fully saturated rings. The minimum Gasteiger partial charge on any atom is -0.345 e. The summed E-state index contributed by atoms with van der Waals surface area (Å²) in [5.41, 5.74) is 0. The van der Waals surface area contributed by atoms with Crippen LogP contribution in [-0.2, 0) is 4.79 Å². The first-order chi connectivity index (χ1) is 4.79. The van der Waals surface area contributed by atoms with Crippen LogP contribution in [0.1, 0.15) is 12.7 Å². The number of carbonyl (C=O) groups is 1. The first kappa shape index (κ1) is 6.74. The fraction of sp³-hybridized carbons (Fsp3) is 0.143. The predicted octanol–water partition coefficient (Wildman–Crippen LogP) is 1.01. The third-order valence-electron chi connectivity index (χ3n) is 0.995. The molecule has 1 heterocycles. The number of ketones is 1. The minimum absolute atomic E-state index is 0.0244. The Morgan fingerprint density at radius 3 is 3.10 bits per heavy atom. The van der Waals surface area contributed by atoms with E-state index in [0.717, 1.165) is 0 Å². The maximum atomic E-state index is 10.4. The van der Waals surface area contributed by atoms with Crippen LogP contribution in [0.25, 0.3) is 6.08 Å². The van der Waals surface area contributed by atoms with Crippen molar-refractivity contribution in [3.05, 3.63) is 24.3 Å². The quantitative estimate of drug-likeness (QED) is 0.617. The minimum atomic E-state index is 0.0244. The van der Waals surface area contributed by atoms with Gasteiger partial charge in [0.15, 0.2) is 5.78 Å². The summed E-state index contributed by atoms with van der Waals surface area (Å²) in [5.74, 6) is 0.728. The maximum absolute atomic E-state index is 10.4. The van der Waals surface area contributed by atoms with Gasteiger partial charge in [0, 0.05) is 12.4 Å². The molecule has 1 rings (SSSR count). The average Bonchev–Trinajstić information content (AvgIpc) is 2.34. The molecule has 0 aliphatic carbocycles. The molecule has 1 aromatic heterocycles. The number of allylic oxidation sites excluding steroid dienone is 1. The molecule has 10 heavy (non-hydrogen) atoms. The number of aromatic nitrogens is 2. The number of imidazole rings is 1. The Kier molecular flexibility index (Phi) is 1.99. The van der Waals surface area contributed by atoms with E-state index in [0.29, 0.717) is 5.82 Å². The first-order valence-electron chi connectivity index (χ1n) is 2.97. The van der Waals surface area contributed by atoms with E-state index in [1.165, 1.54) is 13.0 Å². The van der Waals surface area contributed by atoms with Crippen LogP contribution in [0, 0.1) is 0 Å². The Labute approximate surface area is 58.8 Å². The SMILES string of the molecule is CC(=O)/C=C/c1ncc[nH]1. The Morgan fingerprint density at radius 1 is 1.80 bits per heavy atom. The highest BCUT2D eigenvalue weighted by molar-refractivity contribution is 5.90. The molecule has 0 saturated heterocycles. The Hall–Kier alpha value is -1.38. The van der Waals surface area contributed by atoms with E-state index in [1.54, 1.807) is 18.5 Å². The molecule has 1 N–H and O–H groups in total. The average molecular weight is 136 g/mol. The Bertz CT molecular complexity index is 236. The van der Waals surface area contributed by atoms with Crippen molar-refractivity contribution < 1.29 is 4.79 Å². The van der Waals surface area contributed by atoms with Crippen LogP contribution in [0.15, 0.2) is 18.5 Å². The normalized spacial score (nSPS) is 10.5. The number of hydrogen-bond acceptors (Lipinski definition) is 2. The molecular formula is C7H8N2O. The molecule has 1 aromatic rings. The van der Waals surface area contributed by atoms with Gasteiger partial charge in [-0.05, 0) is 19.1 Å². The first-order valence-corrected chi connectivity index (χ1v) is 2.97. The van der Waals surface area contributed by atoms with Crippen molar-refractivity contribution in [3.63, 3.8) is 0 Å². The van der Waals surface area contributed by atoms with E-state index in [9.17, 15) is 4.79 Å². The lowest BCUT2D eigenvalue weighted by Gasteiger charge is -1.79. The van der Waals surface area contributed by atoms with Gasteiger partial charge in [0.2, 0.25) is 0 Å². The molecule has 3 heteroatoms. The largest absolute Gasteiger partial charge is 0.345 e. The van der Waals surface area contributed by atoms with Crippen molar-refractivity contribution in [2.24, 2.45) is 0 Å². The van der Waals surface area contributed by atoms with Crippen molar-refractivity contribution in [1.29, 1.82) is 0 Å². The van der Waals surface area contributed by atoms with Crippen molar-refractivity contribution in [2.75, 3.05) is 0 Å². The Morgan fingerprint density at radius 2 is 2.60 bits per heavy atom. The number of nitrogens with zero attached hydrogens (tertiary/aromatic N) is 1. The van der Waals surface area contributed by atoms with Crippen LogP contribution in [-0.4, -0.2) is 15.8 Å². The number of hydrogen-bond donors (Lipinski definition) is 1. The number of carbonyl (C=O) groups excluding carboxylic acids is 1. The summed E-state index contributed by atoms with van der Waals surface area (Å²) < 4.78 is 0. The monoisotopic (exact) mass is 136 g/mol. The van der Waals surface area contributed by atoms with E-state index in [4.69, 9.17) is 0 Å². The summed E-state index contributed by atoms with van der Waals surface area (Å²) in [4.78, 5) is 17.1. The highest BCUT2D eigenvalue weighted by Gasteiger charge is 1.86. The van der Waals surface area contributed by atoms with Gasteiger partial charge in [-0.15, -0.1) is 0 Å². The second-order valence-electron chi connectivity index (χ2n) is 1.92. The van der Waals surface area contributed by atoms with Gasteiger partial charge >= 0.3 is 0 Å². The molecule has 0 aromatic carbocycles. The molecule has 0 bridgehead atoms. The van der Waals surface area contributed by atoms with Crippen LogP contribution in [0.5, 0.6) is 0 Å². The zero-order valence-electron chi connectivity index (χ0n) is 5.66. The van der Waals surface area contributed by atoms with Gasteiger partial charge in [-0.1, -0.05) is 0 Å². The van der Waals surface area contributed by atoms with Crippen LogP contribution in [0.2, 0.25) is 0 Å². The molecule has 52 valence electrons. The van der Waals surface area contributed by atoms with Crippen LogP contribution in [0.4, 0.5) is 0 Å². The summed E-state index contributed by atoms with van der Waals surface area (Å²) >= 11 is 0. The van der Waals surface area contributed by atoms with Crippen molar-refractivity contribution >= 4 is 11.9 Å². The molecule has 0 radical (unpaired) electrons. The number of H-pyrrole nitrogens is 1. The second-order valence-corrected chi connectivity index (χ2v) is 1.92. The van der Waals surface area contributed by atoms with E-state index >= 15 is 0 Å². The van der Waals surface area contributed by atoms with Gasteiger partial charge in [0.1, 0.15) is 5.82 Å². The maximum Gasteiger partial charge on any atom is 0.152 e. The lowest BCUT2D eigenvalue weighted by atomic mass is 10.4. The summed E-state index contributed by atoms with van der Waals surface area (Å²) in [6.07, 6.45) is 6.46. The van der Waals surface area contributed by atoms with Crippen LogP contribution < -0.4 is 0 Å². The second kappa shape index (κ2) is 2.96. The van der Waals surface area contributed by atoms with E-state index < -0.39 is 0 Å². The molecule has 3 nitrogen and oxygen atoms in total. The molecule has 0 amide bonds. The van der Waals surface area contributed by atoms with E-state index in [1.807, 2.05) is 0 Å². The standard InChI is InChI=1S/C7H8N2O/c1-6(10)2-3-7-8-4-5-9-7/h2-5H,1H3,(H,8,9)/b3-2+. The van der Waals surface area contributed by atoms with Gasteiger partial charge in [0.25, 0.3) is 0 Å². The van der Waals surface area contributed by atoms with Crippen molar-refractivity contribution in [2.45, 2.75) is 6.92 Å². The van der Waals surface area contributed by atoms with E-state index in [2.05, 4.69) is 9.97 Å². The van der Waals surface area contributed by atoms with E-state index in [-0.39, 0.29) is 5.78 Å². The molecule has 0 saturated carbocycles. The summed E-state index contributed by atoms with van der Waals surface area (Å²) in [7, 11) is 0. The zero-order valence-corrected chi connectivity index (χ0v) is 5.66. The predicted molar refractivity (Wildman–Crippen MR) is 38.3 cm³/mol.